The molecule has 12 heteroatoms. The normalized spacial score (nSPS) is 15.4. The van der Waals surface area contributed by atoms with Gasteiger partial charge in [0.2, 0.25) is 0 Å². The lowest BCUT2D eigenvalue weighted by Gasteiger charge is -2.33. The smallest absolute Gasteiger partial charge is 0.416 e. The number of likely N-dealkylation sites (N-methyl/N-ethyl adjacent to an activating group) is 2. The number of rotatable bonds is 28. The van der Waals surface area contributed by atoms with E-state index in [2.05, 4.69) is 355 Å². The highest BCUT2D eigenvalue weighted by Crippen LogP contribution is 2.46. The highest BCUT2D eigenvalue weighted by atomic mass is 19.4. The fourth-order valence-corrected chi connectivity index (χ4v) is 14.5. The minimum absolute atomic E-state index is 0.136. The van der Waals surface area contributed by atoms with Crippen LogP contribution in [0.2, 0.25) is 0 Å². The molecular weight excluding hydrogens is 1350 g/mol. The van der Waals surface area contributed by atoms with Crippen molar-refractivity contribution in [3.63, 3.8) is 0 Å². The van der Waals surface area contributed by atoms with Gasteiger partial charge in [0.1, 0.15) is 5.75 Å². The van der Waals surface area contributed by atoms with Crippen molar-refractivity contribution in [3.8, 4) is 5.75 Å². The van der Waals surface area contributed by atoms with Gasteiger partial charge in [-0.25, -0.2) is 0 Å². The van der Waals surface area contributed by atoms with E-state index >= 15 is 0 Å². The Hall–Kier alpha value is -10.1. The number of methoxy groups -OCH3 is 1. The van der Waals surface area contributed by atoms with Crippen molar-refractivity contribution < 1.29 is 17.9 Å². The maximum absolute atomic E-state index is 13.0. The van der Waals surface area contributed by atoms with Crippen molar-refractivity contribution in [2.45, 2.75) is 134 Å². The summed E-state index contributed by atoms with van der Waals surface area (Å²) >= 11 is 0. The number of aryl methyl sites for hydroxylation is 2. The van der Waals surface area contributed by atoms with Gasteiger partial charge in [-0.15, -0.1) is 0 Å². The van der Waals surface area contributed by atoms with E-state index in [1.807, 2.05) is 50.4 Å². The monoisotopic (exact) mass is 1460 g/mol. The Balaban J connectivity index is 0.000000156. The van der Waals surface area contributed by atoms with Crippen molar-refractivity contribution in [2.75, 3.05) is 27.9 Å². The largest absolute Gasteiger partial charge is 0.497 e. The summed E-state index contributed by atoms with van der Waals surface area (Å²) in [5.74, 6) is 0.885. The molecule has 0 unspecified atom stereocenters. The predicted octanol–water partition coefficient (Wildman–Crippen LogP) is 21.5. The average Bonchev–Trinajstić information content (AvgIpc) is 1.62. The Morgan fingerprint density at radius 2 is 0.679 bits per heavy atom. The van der Waals surface area contributed by atoms with Crippen LogP contribution in [-0.2, 0) is 32.4 Å². The second kappa shape index (κ2) is 42.0. The fraction of sp³-hybridized carbons (Fsp3) is 0.258. The molecule has 12 aromatic carbocycles. The summed E-state index contributed by atoms with van der Waals surface area (Å²) in [5, 5.41) is 21.5. The molecule has 1 aliphatic rings. The first-order chi connectivity index (χ1) is 53.0. The van der Waals surface area contributed by atoms with Crippen LogP contribution >= 0.6 is 0 Å². The number of nitrogens with zero attached hydrogens (tertiary/aromatic N) is 2. The van der Waals surface area contributed by atoms with Crippen molar-refractivity contribution in [1.82, 2.24) is 41.7 Å². The summed E-state index contributed by atoms with van der Waals surface area (Å²) in [6.45, 7) is 17.3. The number of hydrogen-bond acceptors (Lipinski definition) is 9. The van der Waals surface area contributed by atoms with Crippen LogP contribution < -0.4 is 36.6 Å². The molecule has 1 heterocycles. The first-order valence-corrected chi connectivity index (χ1v) is 38.2. The molecule has 8 atom stereocenters. The first-order valence-electron chi connectivity index (χ1n) is 38.2. The molecule has 0 amide bonds. The molecule has 12 aromatic rings. The van der Waals surface area contributed by atoms with E-state index in [4.69, 9.17) is 4.74 Å². The summed E-state index contributed by atoms with van der Waals surface area (Å²) in [6.07, 6.45) is -4.34. The maximum Gasteiger partial charge on any atom is 0.416 e. The molecule has 1 aliphatic heterocycles. The quantitative estimate of drug-likeness (QED) is 0.0287. The van der Waals surface area contributed by atoms with Gasteiger partial charge in [0.15, 0.2) is 0 Å². The van der Waals surface area contributed by atoms with Gasteiger partial charge < -0.3 is 36.6 Å². The molecule has 564 valence electrons. The lowest BCUT2D eigenvalue weighted by molar-refractivity contribution is -0.137. The van der Waals surface area contributed by atoms with E-state index in [0.29, 0.717) is 29.7 Å². The second-order valence-electron chi connectivity index (χ2n) is 28.7. The van der Waals surface area contributed by atoms with Crippen LogP contribution in [-0.4, -0.2) is 49.8 Å². The molecule has 109 heavy (non-hydrogen) atoms. The Bertz CT molecular complexity index is 4320. The van der Waals surface area contributed by atoms with Gasteiger partial charge in [0.25, 0.3) is 0 Å². The van der Waals surface area contributed by atoms with Gasteiger partial charge in [-0.3, -0.25) is 9.80 Å². The van der Waals surface area contributed by atoms with Gasteiger partial charge in [-0.2, -0.15) is 13.2 Å². The minimum atomic E-state index is -4.34. The van der Waals surface area contributed by atoms with Crippen molar-refractivity contribution in [1.29, 1.82) is 0 Å². The predicted molar refractivity (Wildman–Crippen MR) is 445 cm³/mol. The number of benzene rings is 12. The van der Waals surface area contributed by atoms with Gasteiger partial charge in [0.05, 0.1) is 67.7 Å². The molecule has 0 radical (unpaired) electrons. The standard InChI is InChI=1S/C29H28N2.C28H28N2.C22H32N2O.C18H21F3N2/c1-5-13-24(14-6-1)21-30-23-31(22-25-15-7-2-8-16-25)29(27-19-11-4-12-20-27)28(30)26-17-9-3-10-18-26;1-5-13-23(14-6-1)21-29-27(25-17-9-3-10-18-25)28(26-19-11-4-12-20-26)30-22-24-15-7-2-8-16-24;1-15(2)23-21(18-9-7-17(5)8-10-18)22(24-16(3)4)19-11-13-20(25-6)14-12-19;1-12-6-4-7-13(10-12)16(22-2)17(23-3)14-8-5-9-15(11-14)18(19,20)21/h1-20,28-29H,21-23H2;1-20,27-30H,21-22H2;7-16,21-24H,1-6H3;4-11,16-17,22-23H,1-3H3/t28-,29-;27-,28-;21-,22-;16-,17-/m0000/s1. The summed E-state index contributed by atoms with van der Waals surface area (Å²) in [6, 6.07) is 119. The molecule has 0 bridgehead atoms. The zero-order valence-corrected chi connectivity index (χ0v) is 64.6. The van der Waals surface area contributed by atoms with E-state index in [-0.39, 0.29) is 36.3 Å². The molecule has 6 N–H and O–H groups in total. The van der Waals surface area contributed by atoms with Gasteiger partial charge >= 0.3 is 6.18 Å². The number of nitrogens with one attached hydrogen (secondary N) is 6. The summed E-state index contributed by atoms with van der Waals surface area (Å²) in [7, 11) is 5.27. The lowest BCUT2D eigenvalue weighted by Crippen LogP contribution is -2.40. The Morgan fingerprint density at radius 3 is 1.04 bits per heavy atom. The molecule has 1 saturated heterocycles. The fourth-order valence-electron chi connectivity index (χ4n) is 14.5. The van der Waals surface area contributed by atoms with E-state index in [1.165, 1.54) is 73.3 Å². The second-order valence-corrected chi connectivity index (χ2v) is 28.7. The van der Waals surface area contributed by atoms with Crippen molar-refractivity contribution >= 4 is 0 Å². The Kier molecular flexibility index (Phi) is 31.4. The third-order valence-electron chi connectivity index (χ3n) is 19.8. The summed E-state index contributed by atoms with van der Waals surface area (Å²) in [5.41, 5.74) is 16.6. The van der Waals surface area contributed by atoms with Crippen LogP contribution in [0.4, 0.5) is 13.2 Å². The summed E-state index contributed by atoms with van der Waals surface area (Å²) < 4.78 is 44.2. The molecule has 0 saturated carbocycles. The van der Waals surface area contributed by atoms with Crippen LogP contribution in [0.15, 0.2) is 340 Å². The topological polar surface area (TPSA) is 87.9 Å². The first kappa shape index (κ1) is 81.4. The van der Waals surface area contributed by atoms with Crippen LogP contribution in [0.1, 0.15) is 159 Å². The highest BCUT2D eigenvalue weighted by Gasteiger charge is 2.42. The van der Waals surface area contributed by atoms with E-state index in [1.54, 1.807) is 20.2 Å². The molecule has 9 nitrogen and oxygen atoms in total. The Labute approximate surface area is 647 Å². The third-order valence-corrected chi connectivity index (χ3v) is 19.8. The van der Waals surface area contributed by atoms with Gasteiger partial charge in [0, 0.05) is 38.3 Å². The number of ether oxygens (including phenoxy) is 1. The Morgan fingerprint density at radius 1 is 0.349 bits per heavy atom. The SMILES string of the molecule is CN[C@@H](c1cccc(C)c1)[C@@H](NC)c1cccc(C(F)(F)F)c1.COc1ccc([C@H](NC(C)C)[C@@H](NC(C)C)c2ccc(C)cc2)cc1.c1ccc(CN2CN(Cc3ccccc3)[C@@H](c3ccccc3)[C@@H]2c2ccccc2)cc1.c1ccc(CN[C@@H](c2ccccc2)[C@@H](NCc2ccccc2)c2ccccc2)cc1. The van der Waals surface area contributed by atoms with E-state index in [9.17, 15) is 13.2 Å². The number of hydrogen-bond donors (Lipinski definition) is 6. The van der Waals surface area contributed by atoms with Crippen LogP contribution in [0.5, 0.6) is 5.75 Å². The van der Waals surface area contributed by atoms with Crippen LogP contribution in [0, 0.1) is 13.8 Å². The zero-order valence-electron chi connectivity index (χ0n) is 64.6. The summed E-state index contributed by atoms with van der Waals surface area (Å²) in [4.78, 5) is 5.26. The average molecular weight is 1460 g/mol. The molecule has 0 aromatic heterocycles. The third kappa shape index (κ3) is 24.5. The maximum atomic E-state index is 13.0. The van der Waals surface area contributed by atoms with Crippen molar-refractivity contribution in [3.05, 3.63) is 423 Å². The van der Waals surface area contributed by atoms with Crippen molar-refractivity contribution in [2.24, 2.45) is 0 Å². The lowest BCUT2D eigenvalue weighted by atomic mass is 9.91. The zero-order chi connectivity index (χ0) is 76.7. The number of alkyl halides is 3. The molecule has 13 rings (SSSR count). The molecular formula is C97H109F3N8O. The number of halogens is 3. The molecule has 0 aliphatic carbocycles. The van der Waals surface area contributed by atoms with E-state index in [0.717, 1.165) is 55.8 Å². The molecule has 0 spiro atoms. The van der Waals surface area contributed by atoms with Gasteiger partial charge in [-0.05, 0) is 119 Å². The van der Waals surface area contributed by atoms with E-state index < -0.39 is 11.7 Å². The highest BCUT2D eigenvalue weighted by molar-refractivity contribution is 5.38. The minimum Gasteiger partial charge on any atom is -0.497 e. The van der Waals surface area contributed by atoms with Crippen LogP contribution in [0.3, 0.4) is 0 Å². The van der Waals surface area contributed by atoms with Crippen LogP contribution in [0.25, 0.3) is 0 Å². The van der Waals surface area contributed by atoms with Gasteiger partial charge in [-0.1, -0.05) is 354 Å². The molecule has 1 fully saturated rings.